The molecule has 0 saturated heterocycles. The summed E-state index contributed by atoms with van der Waals surface area (Å²) in [6.45, 7) is 3.19. The molecule has 0 radical (unpaired) electrons. The van der Waals surface area contributed by atoms with Gasteiger partial charge < -0.3 is 32.5 Å². The summed E-state index contributed by atoms with van der Waals surface area (Å²) >= 11 is 0. The van der Waals surface area contributed by atoms with Gasteiger partial charge in [-0.25, -0.2) is 4.79 Å². The largest absolute Gasteiger partial charge is 0.480 e. The first-order valence-electron chi connectivity index (χ1n) is 10.7. The van der Waals surface area contributed by atoms with Crippen LogP contribution in [0.5, 0.6) is 0 Å². The van der Waals surface area contributed by atoms with Crippen LogP contribution in [0.4, 0.5) is 0 Å². The van der Waals surface area contributed by atoms with Crippen molar-refractivity contribution in [3.63, 3.8) is 0 Å². The summed E-state index contributed by atoms with van der Waals surface area (Å²) in [6.07, 6.45) is 0.319. The normalized spacial score (nSPS) is 13.5. The molecule has 1 aromatic carbocycles. The molecule has 3 unspecified atom stereocenters. The fourth-order valence-corrected chi connectivity index (χ4v) is 3.00. The lowest BCUT2D eigenvalue weighted by atomic mass is 10.0. The maximum atomic E-state index is 12.7. The van der Waals surface area contributed by atoms with Crippen LogP contribution in [-0.4, -0.2) is 59.4 Å². The van der Waals surface area contributed by atoms with Gasteiger partial charge in [0.2, 0.25) is 23.6 Å². The maximum absolute atomic E-state index is 12.7. The van der Waals surface area contributed by atoms with Gasteiger partial charge in [0.1, 0.15) is 12.1 Å². The van der Waals surface area contributed by atoms with Gasteiger partial charge in [-0.05, 0) is 24.3 Å². The highest BCUT2D eigenvalue weighted by molar-refractivity contribution is 5.92. The van der Waals surface area contributed by atoms with E-state index in [0.29, 0.717) is 0 Å². The molecule has 0 saturated carbocycles. The van der Waals surface area contributed by atoms with Crippen LogP contribution in [0, 0.1) is 5.92 Å². The molecule has 1 rings (SSSR count). The van der Waals surface area contributed by atoms with Gasteiger partial charge in [-0.2, -0.15) is 0 Å². The highest BCUT2D eigenvalue weighted by Gasteiger charge is 2.26. The summed E-state index contributed by atoms with van der Waals surface area (Å²) in [5, 5.41) is 16.6. The smallest absolute Gasteiger partial charge is 0.326 e. The van der Waals surface area contributed by atoms with Crippen molar-refractivity contribution in [1.82, 2.24) is 16.0 Å². The van der Waals surface area contributed by atoms with Crippen LogP contribution in [-0.2, 0) is 30.4 Å². The molecule has 1 aromatic rings. The molecule has 0 aliphatic rings. The molecule has 4 amide bonds. The summed E-state index contributed by atoms with van der Waals surface area (Å²) in [4.78, 5) is 59.5. The lowest BCUT2D eigenvalue weighted by Crippen LogP contribution is -2.54. The van der Waals surface area contributed by atoms with Crippen LogP contribution in [0.1, 0.15) is 38.7 Å². The lowest BCUT2D eigenvalue weighted by molar-refractivity contribution is -0.142. The van der Waals surface area contributed by atoms with Gasteiger partial charge in [-0.15, -0.1) is 0 Å². The van der Waals surface area contributed by atoms with Crippen molar-refractivity contribution in [1.29, 1.82) is 0 Å². The number of amides is 4. The first kappa shape index (κ1) is 27.6. The van der Waals surface area contributed by atoms with E-state index in [-0.39, 0.29) is 31.6 Å². The van der Waals surface area contributed by atoms with Gasteiger partial charge in [0, 0.05) is 12.8 Å². The van der Waals surface area contributed by atoms with Crippen molar-refractivity contribution < 1.29 is 29.1 Å². The van der Waals surface area contributed by atoms with E-state index < -0.39 is 54.3 Å². The number of hydrogen-bond acceptors (Lipinski definition) is 6. The van der Waals surface area contributed by atoms with Gasteiger partial charge in [0.05, 0.1) is 12.6 Å². The molecule has 0 aliphatic carbocycles. The number of nitrogens with one attached hydrogen (secondary N) is 3. The number of benzene rings is 1. The van der Waals surface area contributed by atoms with E-state index in [1.54, 1.807) is 30.3 Å². The molecule has 182 valence electrons. The molecule has 8 N–H and O–H groups in total. The topological polar surface area (TPSA) is 194 Å². The number of aliphatic carboxylic acids is 1. The third-order valence-corrected chi connectivity index (χ3v) is 4.72. The number of carbonyl (C=O) groups is 5. The van der Waals surface area contributed by atoms with Crippen molar-refractivity contribution in [3.05, 3.63) is 35.9 Å². The number of carboxylic acid groups (broad SMARTS) is 1. The molecule has 0 bridgehead atoms. The number of rotatable bonds is 14. The van der Waals surface area contributed by atoms with Gasteiger partial charge in [0.25, 0.3) is 0 Å². The van der Waals surface area contributed by atoms with Crippen molar-refractivity contribution in [2.24, 2.45) is 17.4 Å². The zero-order valence-electron chi connectivity index (χ0n) is 18.9. The van der Waals surface area contributed by atoms with Gasteiger partial charge in [0.15, 0.2) is 0 Å². The van der Waals surface area contributed by atoms with Crippen molar-refractivity contribution in [3.8, 4) is 0 Å². The van der Waals surface area contributed by atoms with Crippen molar-refractivity contribution in [2.75, 3.05) is 6.54 Å². The van der Waals surface area contributed by atoms with E-state index >= 15 is 0 Å². The second-order valence-electron chi connectivity index (χ2n) is 8.17. The minimum atomic E-state index is -1.16. The zero-order valence-corrected chi connectivity index (χ0v) is 18.9. The molecule has 0 aromatic heterocycles. The van der Waals surface area contributed by atoms with Crippen LogP contribution >= 0.6 is 0 Å². The van der Waals surface area contributed by atoms with Crippen LogP contribution < -0.4 is 27.4 Å². The predicted molar refractivity (Wildman–Crippen MR) is 121 cm³/mol. The van der Waals surface area contributed by atoms with Crippen LogP contribution in [0.2, 0.25) is 0 Å². The molecule has 3 atom stereocenters. The van der Waals surface area contributed by atoms with E-state index in [1.807, 2.05) is 13.8 Å². The average molecular weight is 464 g/mol. The summed E-state index contributed by atoms with van der Waals surface area (Å²) < 4.78 is 0. The summed E-state index contributed by atoms with van der Waals surface area (Å²) in [5.41, 5.74) is 11.6. The minimum Gasteiger partial charge on any atom is -0.480 e. The number of carbonyl (C=O) groups excluding carboxylic acids is 4. The quantitative estimate of drug-likeness (QED) is 0.204. The molecule has 11 nitrogen and oxygen atoms in total. The highest BCUT2D eigenvalue weighted by Crippen LogP contribution is 2.06. The van der Waals surface area contributed by atoms with Gasteiger partial charge in [-0.3, -0.25) is 19.2 Å². The Morgan fingerprint density at radius 1 is 0.970 bits per heavy atom. The van der Waals surface area contributed by atoms with E-state index in [4.69, 9.17) is 11.5 Å². The maximum Gasteiger partial charge on any atom is 0.326 e. The Bertz CT molecular complexity index is 830. The monoisotopic (exact) mass is 463 g/mol. The average Bonchev–Trinajstić information content (AvgIpc) is 2.75. The number of nitrogens with two attached hydrogens (primary N) is 2. The number of hydrogen-bond donors (Lipinski definition) is 6. The van der Waals surface area contributed by atoms with Gasteiger partial charge >= 0.3 is 5.97 Å². The van der Waals surface area contributed by atoms with Crippen LogP contribution in [0.15, 0.2) is 30.3 Å². The molecule has 0 aliphatic heterocycles. The van der Waals surface area contributed by atoms with E-state index in [1.165, 1.54) is 0 Å². The third kappa shape index (κ3) is 11.1. The Labute approximate surface area is 192 Å². The fourth-order valence-electron chi connectivity index (χ4n) is 3.00. The number of primary amides is 1. The Hall–Kier alpha value is -3.47. The first-order chi connectivity index (χ1) is 15.5. The Morgan fingerprint density at radius 3 is 2.15 bits per heavy atom. The Kier molecular flexibility index (Phi) is 11.6. The van der Waals surface area contributed by atoms with Crippen LogP contribution in [0.25, 0.3) is 0 Å². The second-order valence-corrected chi connectivity index (χ2v) is 8.17. The SMILES string of the molecule is CC(C)CC(NC(=O)CNC(=O)C(Cc1ccccc1)NC(=O)C(N)CCC(N)=O)C(=O)O. The molecule has 11 heteroatoms. The predicted octanol–water partition coefficient (Wildman–Crippen LogP) is -0.962. The number of carboxylic acids is 1. The standard InChI is InChI=1S/C22H33N5O6/c1-13(2)10-17(22(32)33)26-19(29)12-25-21(31)16(11-14-6-4-3-5-7-14)27-20(30)15(23)8-9-18(24)28/h3-7,13,15-17H,8-12,23H2,1-2H3,(H2,24,28)(H,25,31)(H,26,29)(H,27,30)(H,32,33). The molecular formula is C22H33N5O6. The van der Waals surface area contributed by atoms with E-state index in [2.05, 4.69) is 16.0 Å². The Balaban J connectivity index is 2.78. The summed E-state index contributed by atoms with van der Waals surface area (Å²) in [7, 11) is 0. The zero-order chi connectivity index (χ0) is 25.0. The van der Waals surface area contributed by atoms with Gasteiger partial charge in [-0.1, -0.05) is 44.2 Å². The van der Waals surface area contributed by atoms with Crippen LogP contribution in [0.3, 0.4) is 0 Å². The molecule has 0 heterocycles. The molecular weight excluding hydrogens is 430 g/mol. The van der Waals surface area contributed by atoms with E-state index in [9.17, 15) is 29.1 Å². The summed E-state index contributed by atoms with van der Waals surface area (Å²) in [6, 6.07) is 5.75. The third-order valence-electron chi connectivity index (χ3n) is 4.72. The van der Waals surface area contributed by atoms with E-state index in [0.717, 1.165) is 5.56 Å². The Morgan fingerprint density at radius 2 is 1.61 bits per heavy atom. The molecule has 0 spiro atoms. The van der Waals surface area contributed by atoms with Crippen molar-refractivity contribution in [2.45, 2.75) is 57.7 Å². The second kappa shape index (κ2) is 13.8. The highest BCUT2D eigenvalue weighted by atomic mass is 16.4. The van der Waals surface area contributed by atoms with Crippen molar-refractivity contribution >= 4 is 29.6 Å². The molecule has 33 heavy (non-hydrogen) atoms. The molecule has 0 fully saturated rings. The lowest BCUT2D eigenvalue weighted by Gasteiger charge is -2.21. The first-order valence-corrected chi connectivity index (χ1v) is 10.7. The summed E-state index contributed by atoms with van der Waals surface area (Å²) in [5.74, 6) is -3.66. The fraction of sp³-hybridized carbons (Fsp3) is 0.500. The minimum absolute atomic E-state index is 0.0235.